The van der Waals surface area contributed by atoms with Crippen molar-refractivity contribution in [3.8, 4) is 5.75 Å². The average Bonchev–Trinajstić information content (AvgIpc) is 3.19. The first kappa shape index (κ1) is 16.7. The van der Waals surface area contributed by atoms with Gasteiger partial charge in [0, 0.05) is 6.54 Å². The van der Waals surface area contributed by atoms with Crippen LogP contribution in [0.5, 0.6) is 5.75 Å². The topological polar surface area (TPSA) is 118 Å². The number of aromatic nitrogens is 1. The van der Waals surface area contributed by atoms with Crippen LogP contribution in [0, 0.1) is 0 Å². The Labute approximate surface area is 142 Å². The number of hydrogen-bond donors (Lipinski definition) is 3. The van der Waals surface area contributed by atoms with Crippen molar-refractivity contribution in [2.24, 2.45) is 0 Å². The van der Waals surface area contributed by atoms with Gasteiger partial charge in [-0.25, -0.2) is 18.2 Å². The maximum Gasteiger partial charge on any atom is 0.357 e. The molecule has 0 radical (unpaired) electrons. The summed E-state index contributed by atoms with van der Waals surface area (Å²) in [5, 5.41) is 12.1. The molecule has 3 N–H and O–H groups in total. The Morgan fingerprint density at radius 3 is 2.75 bits per heavy atom. The van der Waals surface area contributed by atoms with Crippen molar-refractivity contribution in [3.05, 3.63) is 35.5 Å². The monoisotopic (exact) mass is 369 g/mol. The first-order valence-corrected chi connectivity index (χ1v) is 9.49. The Balaban J connectivity index is 1.74. The van der Waals surface area contributed by atoms with Gasteiger partial charge in [-0.2, -0.15) is 0 Å². The van der Waals surface area contributed by atoms with Crippen LogP contribution in [0.2, 0.25) is 0 Å². The number of ether oxygens (including phenoxy) is 1. The number of hydrogen-bond acceptors (Lipinski definition) is 7. The summed E-state index contributed by atoms with van der Waals surface area (Å²) in [6, 6.07) is 6.00. The number of anilines is 1. The van der Waals surface area contributed by atoms with E-state index in [0.29, 0.717) is 5.75 Å². The highest BCUT2D eigenvalue weighted by Crippen LogP contribution is 2.25. The van der Waals surface area contributed by atoms with Crippen molar-refractivity contribution < 1.29 is 23.1 Å². The maximum absolute atomic E-state index is 12.4. The third-order valence-corrected chi connectivity index (χ3v) is 5.69. The van der Waals surface area contributed by atoms with E-state index in [1.807, 2.05) is 0 Å². The van der Waals surface area contributed by atoms with Crippen LogP contribution < -0.4 is 14.8 Å². The third kappa shape index (κ3) is 3.66. The molecule has 3 rings (SSSR count). The van der Waals surface area contributed by atoms with Gasteiger partial charge in [-0.15, -0.1) is 11.3 Å². The van der Waals surface area contributed by atoms with Crippen molar-refractivity contribution in [2.45, 2.75) is 17.4 Å². The van der Waals surface area contributed by atoms with Gasteiger partial charge in [0.15, 0.2) is 5.69 Å². The van der Waals surface area contributed by atoms with Gasteiger partial charge < -0.3 is 15.2 Å². The van der Waals surface area contributed by atoms with Gasteiger partial charge in [-0.1, -0.05) is 0 Å². The molecular weight excluding hydrogens is 354 g/mol. The summed E-state index contributed by atoms with van der Waals surface area (Å²) >= 11 is 0.910. The molecule has 2 heterocycles. The molecule has 2 aromatic rings. The second-order valence-corrected chi connectivity index (χ2v) is 7.68. The normalized spacial score (nSPS) is 17.6. The molecule has 0 amide bonds. The number of benzene rings is 1. The predicted molar refractivity (Wildman–Crippen MR) is 88.2 cm³/mol. The average molecular weight is 369 g/mol. The Morgan fingerprint density at radius 2 is 2.12 bits per heavy atom. The molecule has 0 bridgehead atoms. The molecule has 0 aliphatic carbocycles. The van der Waals surface area contributed by atoms with Crippen molar-refractivity contribution in [1.82, 2.24) is 10.3 Å². The molecule has 0 spiro atoms. The van der Waals surface area contributed by atoms with E-state index in [4.69, 9.17) is 9.84 Å². The van der Waals surface area contributed by atoms with E-state index in [0.717, 1.165) is 30.8 Å². The number of thiazole rings is 1. The lowest BCUT2D eigenvalue weighted by atomic mass is 10.3. The fraction of sp³-hybridized carbons (Fsp3) is 0.286. The summed E-state index contributed by atoms with van der Waals surface area (Å²) in [6.45, 7) is 1.67. The molecule has 1 atom stereocenters. The Bertz CT molecular complexity index is 826. The SMILES string of the molecule is O=C(O)c1ncsc1NS(=O)(=O)c1ccc(OC2CCNC2)cc1. The Morgan fingerprint density at radius 1 is 1.38 bits per heavy atom. The standard InChI is InChI=1S/C14H15N3O5S2/c18-14(19)12-13(23-8-16-12)17-24(20,21)11-3-1-9(2-4-11)22-10-5-6-15-7-10/h1-4,8,10,15,17H,5-7H2,(H,18,19). The molecule has 1 aliphatic rings. The van der Waals surface area contributed by atoms with Gasteiger partial charge >= 0.3 is 5.97 Å². The van der Waals surface area contributed by atoms with Gasteiger partial charge in [0.05, 0.1) is 10.4 Å². The fourth-order valence-electron chi connectivity index (χ4n) is 2.27. The van der Waals surface area contributed by atoms with E-state index in [9.17, 15) is 13.2 Å². The van der Waals surface area contributed by atoms with E-state index in [1.165, 1.54) is 17.6 Å². The van der Waals surface area contributed by atoms with E-state index in [2.05, 4.69) is 15.0 Å². The van der Waals surface area contributed by atoms with E-state index in [-0.39, 0.29) is 21.7 Å². The van der Waals surface area contributed by atoms with Gasteiger partial charge in [0.25, 0.3) is 10.0 Å². The summed E-state index contributed by atoms with van der Waals surface area (Å²) in [5.41, 5.74) is 0.950. The molecule has 1 aliphatic heterocycles. The number of aromatic carboxylic acids is 1. The molecule has 8 nitrogen and oxygen atoms in total. The Hall–Kier alpha value is -2.17. The summed E-state index contributed by atoms with van der Waals surface area (Å²) in [6.07, 6.45) is 0.992. The zero-order valence-electron chi connectivity index (χ0n) is 12.4. The zero-order valence-corrected chi connectivity index (χ0v) is 14.1. The smallest absolute Gasteiger partial charge is 0.357 e. The van der Waals surface area contributed by atoms with Crippen LogP contribution in [-0.2, 0) is 10.0 Å². The van der Waals surface area contributed by atoms with E-state index >= 15 is 0 Å². The van der Waals surface area contributed by atoms with Crippen LogP contribution in [0.15, 0.2) is 34.7 Å². The molecule has 24 heavy (non-hydrogen) atoms. The lowest BCUT2D eigenvalue weighted by Crippen LogP contribution is -2.19. The number of nitrogens with one attached hydrogen (secondary N) is 2. The van der Waals surface area contributed by atoms with Gasteiger partial charge in [0.1, 0.15) is 16.9 Å². The van der Waals surface area contributed by atoms with E-state index < -0.39 is 16.0 Å². The molecule has 128 valence electrons. The number of rotatable bonds is 6. The highest BCUT2D eigenvalue weighted by atomic mass is 32.2. The van der Waals surface area contributed by atoms with E-state index in [1.54, 1.807) is 12.1 Å². The minimum absolute atomic E-state index is 0.0177. The lowest BCUT2D eigenvalue weighted by molar-refractivity contribution is 0.0692. The first-order chi connectivity index (χ1) is 11.5. The lowest BCUT2D eigenvalue weighted by Gasteiger charge is -2.13. The molecular formula is C14H15N3O5S2. The largest absolute Gasteiger partial charge is 0.489 e. The molecule has 1 fully saturated rings. The van der Waals surface area contributed by atoms with Crippen molar-refractivity contribution in [1.29, 1.82) is 0 Å². The number of carbonyl (C=O) groups is 1. The van der Waals surface area contributed by atoms with Crippen molar-refractivity contribution in [2.75, 3.05) is 17.8 Å². The summed E-state index contributed by atoms with van der Waals surface area (Å²) in [7, 11) is -3.89. The fourth-order valence-corrected chi connectivity index (χ4v) is 4.26. The summed E-state index contributed by atoms with van der Waals surface area (Å²) in [4.78, 5) is 14.7. The quantitative estimate of drug-likeness (QED) is 0.704. The van der Waals surface area contributed by atoms with Crippen LogP contribution in [0.1, 0.15) is 16.9 Å². The zero-order chi connectivity index (χ0) is 17.2. The molecule has 1 aromatic heterocycles. The second-order valence-electron chi connectivity index (χ2n) is 5.14. The van der Waals surface area contributed by atoms with Crippen LogP contribution in [0.3, 0.4) is 0 Å². The highest BCUT2D eigenvalue weighted by molar-refractivity contribution is 7.93. The van der Waals surface area contributed by atoms with Crippen molar-refractivity contribution in [3.63, 3.8) is 0 Å². The minimum Gasteiger partial charge on any atom is -0.489 e. The molecule has 0 saturated carbocycles. The molecule has 1 unspecified atom stereocenters. The first-order valence-electron chi connectivity index (χ1n) is 7.13. The van der Waals surface area contributed by atoms with Gasteiger partial charge in [-0.05, 0) is 37.2 Å². The van der Waals surface area contributed by atoms with Gasteiger partial charge in [0.2, 0.25) is 0 Å². The van der Waals surface area contributed by atoms with Crippen LogP contribution >= 0.6 is 11.3 Å². The maximum atomic E-state index is 12.4. The van der Waals surface area contributed by atoms with Crippen LogP contribution in [0.25, 0.3) is 0 Å². The Kier molecular flexibility index (Phi) is 4.69. The summed E-state index contributed by atoms with van der Waals surface area (Å²) in [5.74, 6) is -0.700. The number of carboxylic acid groups (broad SMARTS) is 1. The number of nitrogens with zero attached hydrogens (tertiary/aromatic N) is 1. The molecule has 10 heteroatoms. The van der Waals surface area contributed by atoms with Gasteiger partial charge in [-0.3, -0.25) is 4.72 Å². The highest BCUT2D eigenvalue weighted by Gasteiger charge is 2.21. The third-order valence-electron chi connectivity index (χ3n) is 3.45. The molecule has 1 aromatic carbocycles. The molecule has 1 saturated heterocycles. The minimum atomic E-state index is -3.89. The number of sulfonamides is 1. The predicted octanol–water partition coefficient (Wildman–Crippen LogP) is 1.38. The van der Waals surface area contributed by atoms with Crippen molar-refractivity contribution >= 4 is 32.3 Å². The number of carboxylic acids is 1. The summed E-state index contributed by atoms with van der Waals surface area (Å²) < 4.78 is 32.7. The van der Waals surface area contributed by atoms with Crippen LogP contribution in [0.4, 0.5) is 5.00 Å². The van der Waals surface area contributed by atoms with Crippen LogP contribution in [-0.4, -0.2) is 43.7 Å². The second kappa shape index (κ2) is 6.75.